The molecule has 0 saturated heterocycles. The van der Waals surface area contributed by atoms with Crippen molar-refractivity contribution in [1.82, 2.24) is 0 Å². The van der Waals surface area contributed by atoms with Gasteiger partial charge in [-0.3, -0.25) is 0 Å². The van der Waals surface area contributed by atoms with Crippen molar-refractivity contribution < 1.29 is 9.84 Å². The number of hydrogen-bond acceptors (Lipinski definition) is 2. The first-order valence-electron chi connectivity index (χ1n) is 9.59. The van der Waals surface area contributed by atoms with Crippen LogP contribution in [0.5, 0.6) is 0 Å². The summed E-state index contributed by atoms with van der Waals surface area (Å²) in [5.74, 6) is 1.62. The topological polar surface area (TPSA) is 29.5 Å². The predicted molar refractivity (Wildman–Crippen MR) is 88.4 cm³/mol. The van der Waals surface area contributed by atoms with Gasteiger partial charge in [0.25, 0.3) is 0 Å². The first-order chi connectivity index (χ1) is 10.3. The Bertz CT molecular complexity index is 266. The van der Waals surface area contributed by atoms with Gasteiger partial charge in [-0.05, 0) is 56.8 Å². The third-order valence-electron chi connectivity index (χ3n) is 5.64. The maximum Gasteiger partial charge on any atom is 0.0578 e. The molecule has 0 aromatic rings. The maximum atomic E-state index is 9.83. The summed E-state index contributed by atoms with van der Waals surface area (Å²) in [6.07, 6.45) is 17.0. The summed E-state index contributed by atoms with van der Waals surface area (Å²) in [6.45, 7) is 3.23. The van der Waals surface area contributed by atoms with Crippen LogP contribution < -0.4 is 0 Å². The molecule has 2 heteroatoms. The van der Waals surface area contributed by atoms with Gasteiger partial charge in [-0.25, -0.2) is 0 Å². The van der Waals surface area contributed by atoms with Gasteiger partial charge in [-0.15, -0.1) is 0 Å². The minimum absolute atomic E-state index is 0.0341. The Kier molecular flexibility index (Phi) is 8.10. The monoisotopic (exact) mass is 296 g/mol. The minimum atomic E-state index is -0.0341. The molecule has 0 amide bonds. The average molecular weight is 296 g/mol. The number of fused-ring (bicyclic) bond motifs is 1. The van der Waals surface area contributed by atoms with Gasteiger partial charge < -0.3 is 9.84 Å². The molecule has 4 atom stereocenters. The fourth-order valence-corrected chi connectivity index (χ4v) is 4.29. The van der Waals surface area contributed by atoms with Crippen molar-refractivity contribution in [2.24, 2.45) is 11.8 Å². The molecule has 2 rings (SSSR count). The molecule has 0 spiro atoms. The molecule has 2 aliphatic carbocycles. The molecular weight excluding hydrogens is 260 g/mol. The number of aliphatic hydroxyl groups excluding tert-OH is 1. The molecular formula is C19H36O2. The van der Waals surface area contributed by atoms with Crippen LogP contribution in [0.2, 0.25) is 0 Å². The second-order valence-electron chi connectivity index (χ2n) is 7.41. The van der Waals surface area contributed by atoms with Crippen LogP contribution in [0.15, 0.2) is 0 Å². The normalized spacial score (nSPS) is 32.9. The standard InChI is InChI=1S/C19H36O2/c1-2-3-4-5-6-7-8-13-21-19-12-10-16-9-11-18(20)14-17(16)15-19/h16-20H,2-15H2,1H3. The molecule has 2 nitrogen and oxygen atoms in total. The van der Waals surface area contributed by atoms with Crippen LogP contribution in [0, 0.1) is 11.8 Å². The second-order valence-corrected chi connectivity index (χ2v) is 7.41. The molecule has 2 fully saturated rings. The lowest BCUT2D eigenvalue weighted by atomic mass is 9.69. The molecule has 0 radical (unpaired) electrons. The molecule has 21 heavy (non-hydrogen) atoms. The summed E-state index contributed by atoms with van der Waals surface area (Å²) in [6, 6.07) is 0. The smallest absolute Gasteiger partial charge is 0.0578 e. The van der Waals surface area contributed by atoms with Crippen molar-refractivity contribution in [3.63, 3.8) is 0 Å². The number of ether oxygens (including phenoxy) is 1. The number of hydrogen-bond donors (Lipinski definition) is 1. The third kappa shape index (κ3) is 6.28. The van der Waals surface area contributed by atoms with Gasteiger partial charge in [0.05, 0.1) is 12.2 Å². The molecule has 0 aromatic heterocycles. The van der Waals surface area contributed by atoms with Crippen LogP contribution in [0.3, 0.4) is 0 Å². The molecule has 124 valence electrons. The lowest BCUT2D eigenvalue weighted by molar-refractivity contribution is -0.0337. The lowest BCUT2D eigenvalue weighted by Crippen LogP contribution is -2.35. The van der Waals surface area contributed by atoms with E-state index < -0.39 is 0 Å². The van der Waals surface area contributed by atoms with Crippen LogP contribution in [-0.2, 0) is 4.74 Å². The van der Waals surface area contributed by atoms with E-state index in [4.69, 9.17) is 4.74 Å². The highest BCUT2D eigenvalue weighted by Crippen LogP contribution is 2.41. The van der Waals surface area contributed by atoms with Gasteiger partial charge in [0.15, 0.2) is 0 Å². The van der Waals surface area contributed by atoms with E-state index in [9.17, 15) is 5.11 Å². The van der Waals surface area contributed by atoms with Crippen molar-refractivity contribution in [1.29, 1.82) is 0 Å². The Morgan fingerprint density at radius 3 is 2.33 bits per heavy atom. The highest BCUT2D eigenvalue weighted by atomic mass is 16.5. The summed E-state index contributed by atoms with van der Waals surface area (Å²) in [4.78, 5) is 0. The van der Waals surface area contributed by atoms with Crippen molar-refractivity contribution in [3.8, 4) is 0 Å². The summed E-state index contributed by atoms with van der Waals surface area (Å²) in [5, 5.41) is 9.83. The highest BCUT2D eigenvalue weighted by molar-refractivity contribution is 4.86. The Morgan fingerprint density at radius 2 is 1.52 bits per heavy atom. The highest BCUT2D eigenvalue weighted by Gasteiger charge is 2.35. The van der Waals surface area contributed by atoms with Crippen molar-refractivity contribution in [2.45, 2.75) is 103 Å². The van der Waals surface area contributed by atoms with Gasteiger partial charge in [0.1, 0.15) is 0 Å². The van der Waals surface area contributed by atoms with Crippen molar-refractivity contribution in [2.75, 3.05) is 6.61 Å². The Labute approximate surface area is 131 Å². The largest absolute Gasteiger partial charge is 0.393 e. The fourth-order valence-electron chi connectivity index (χ4n) is 4.29. The fraction of sp³-hybridized carbons (Fsp3) is 1.00. The summed E-state index contributed by atoms with van der Waals surface area (Å²) in [7, 11) is 0. The summed E-state index contributed by atoms with van der Waals surface area (Å²) >= 11 is 0. The van der Waals surface area contributed by atoms with E-state index in [1.165, 1.54) is 70.6 Å². The molecule has 0 heterocycles. The van der Waals surface area contributed by atoms with Gasteiger partial charge >= 0.3 is 0 Å². The van der Waals surface area contributed by atoms with Crippen molar-refractivity contribution in [3.05, 3.63) is 0 Å². The van der Waals surface area contributed by atoms with Crippen molar-refractivity contribution >= 4 is 0 Å². The zero-order valence-electron chi connectivity index (χ0n) is 14.1. The second kappa shape index (κ2) is 9.84. The SMILES string of the molecule is CCCCCCCCCOC1CCC2CCC(O)CC2C1. The van der Waals surface area contributed by atoms with E-state index in [-0.39, 0.29) is 6.10 Å². The Balaban J connectivity index is 1.49. The third-order valence-corrected chi connectivity index (χ3v) is 5.64. The summed E-state index contributed by atoms with van der Waals surface area (Å²) < 4.78 is 6.11. The van der Waals surface area contributed by atoms with Gasteiger partial charge in [0, 0.05) is 6.61 Å². The van der Waals surface area contributed by atoms with E-state index in [0.717, 1.165) is 31.3 Å². The zero-order valence-corrected chi connectivity index (χ0v) is 14.1. The molecule has 2 aliphatic rings. The van der Waals surface area contributed by atoms with E-state index >= 15 is 0 Å². The van der Waals surface area contributed by atoms with Gasteiger partial charge in [-0.1, -0.05) is 45.4 Å². The minimum Gasteiger partial charge on any atom is -0.393 e. The van der Waals surface area contributed by atoms with Gasteiger partial charge in [0.2, 0.25) is 0 Å². The quantitative estimate of drug-likeness (QED) is 0.601. The van der Waals surface area contributed by atoms with Crippen LogP contribution in [-0.4, -0.2) is 23.9 Å². The number of rotatable bonds is 9. The first-order valence-corrected chi connectivity index (χ1v) is 9.59. The lowest BCUT2D eigenvalue weighted by Gasteiger charge is -2.40. The number of aliphatic hydroxyl groups is 1. The molecule has 4 unspecified atom stereocenters. The first kappa shape index (κ1) is 17.3. The molecule has 0 aliphatic heterocycles. The zero-order chi connectivity index (χ0) is 14.9. The van der Waals surface area contributed by atoms with Crippen LogP contribution in [0.25, 0.3) is 0 Å². The van der Waals surface area contributed by atoms with E-state index in [1.807, 2.05) is 0 Å². The molecule has 0 aromatic carbocycles. The Hall–Kier alpha value is -0.0800. The van der Waals surface area contributed by atoms with E-state index in [2.05, 4.69) is 6.92 Å². The van der Waals surface area contributed by atoms with E-state index in [0.29, 0.717) is 6.10 Å². The molecule has 0 bridgehead atoms. The average Bonchev–Trinajstić information content (AvgIpc) is 2.49. The van der Waals surface area contributed by atoms with Gasteiger partial charge in [-0.2, -0.15) is 0 Å². The maximum absolute atomic E-state index is 9.83. The van der Waals surface area contributed by atoms with Crippen LogP contribution in [0.1, 0.15) is 90.4 Å². The van der Waals surface area contributed by atoms with Crippen LogP contribution >= 0.6 is 0 Å². The molecule has 2 saturated carbocycles. The summed E-state index contributed by atoms with van der Waals surface area (Å²) in [5.41, 5.74) is 0. The van der Waals surface area contributed by atoms with Crippen LogP contribution in [0.4, 0.5) is 0 Å². The predicted octanol–water partition coefficient (Wildman–Crippen LogP) is 5.08. The number of unbranched alkanes of at least 4 members (excludes halogenated alkanes) is 6. The molecule has 1 N–H and O–H groups in total. The van der Waals surface area contributed by atoms with E-state index in [1.54, 1.807) is 0 Å². The Morgan fingerprint density at radius 1 is 0.810 bits per heavy atom.